The highest BCUT2D eigenvalue weighted by Crippen LogP contribution is 2.43. The molecule has 3 heterocycles. The zero-order chi connectivity index (χ0) is 28.7. The SMILES string of the molecule is N#Cc1ccc2oc3ccc4oc5ccc(-c6cccc(C#N)c6-n6c7c(c8ccccc86)CCC=C7)cc5c4c3c2c1. The predicted octanol–water partition coefficient (Wildman–Crippen LogP) is 9.80. The van der Waals surface area contributed by atoms with Gasteiger partial charge in [-0.15, -0.1) is 0 Å². The molecular formula is C38H21N3O2. The Hall–Kier alpha value is -6.04. The molecule has 0 bridgehead atoms. The number of nitriles is 2. The number of hydrogen-bond donors (Lipinski definition) is 0. The number of rotatable bonds is 2. The molecule has 0 spiro atoms. The molecule has 0 aliphatic heterocycles. The van der Waals surface area contributed by atoms with Crippen LogP contribution in [0.25, 0.3) is 77.7 Å². The lowest BCUT2D eigenvalue weighted by atomic mass is 9.97. The van der Waals surface area contributed by atoms with E-state index in [1.807, 2.05) is 42.5 Å². The van der Waals surface area contributed by atoms with E-state index in [9.17, 15) is 10.5 Å². The molecule has 0 amide bonds. The number of aryl methyl sites for hydroxylation is 1. The second kappa shape index (κ2) is 8.73. The predicted molar refractivity (Wildman–Crippen MR) is 170 cm³/mol. The van der Waals surface area contributed by atoms with E-state index < -0.39 is 0 Å². The van der Waals surface area contributed by atoms with E-state index >= 15 is 0 Å². The van der Waals surface area contributed by atoms with Crippen LogP contribution in [-0.4, -0.2) is 4.57 Å². The van der Waals surface area contributed by atoms with Crippen molar-refractivity contribution in [3.8, 4) is 29.0 Å². The maximum absolute atomic E-state index is 10.4. The lowest BCUT2D eigenvalue weighted by Gasteiger charge is -2.18. The first-order chi connectivity index (χ1) is 21.2. The fraction of sp³-hybridized carbons (Fsp3) is 0.0526. The number of fused-ring (bicyclic) bond motifs is 10. The average Bonchev–Trinajstić information content (AvgIpc) is 3.72. The molecule has 0 unspecified atom stereocenters. The molecule has 0 saturated carbocycles. The van der Waals surface area contributed by atoms with Crippen LogP contribution in [-0.2, 0) is 6.42 Å². The molecule has 200 valence electrons. The van der Waals surface area contributed by atoms with E-state index in [0.717, 1.165) is 84.7 Å². The van der Waals surface area contributed by atoms with Crippen molar-refractivity contribution < 1.29 is 8.83 Å². The summed E-state index contributed by atoms with van der Waals surface area (Å²) in [7, 11) is 0. The van der Waals surface area contributed by atoms with Crippen LogP contribution in [0.15, 0.2) is 106 Å². The molecule has 8 aromatic rings. The zero-order valence-corrected chi connectivity index (χ0v) is 22.9. The highest BCUT2D eigenvalue weighted by Gasteiger charge is 2.23. The van der Waals surface area contributed by atoms with Crippen LogP contribution in [0.5, 0.6) is 0 Å². The van der Waals surface area contributed by atoms with Crippen LogP contribution >= 0.6 is 0 Å². The molecule has 1 aliphatic carbocycles. The van der Waals surface area contributed by atoms with Gasteiger partial charge in [0.15, 0.2) is 0 Å². The van der Waals surface area contributed by atoms with Crippen LogP contribution < -0.4 is 0 Å². The van der Waals surface area contributed by atoms with Gasteiger partial charge in [0.25, 0.3) is 0 Å². The number of para-hydroxylation sites is 2. The molecule has 0 saturated heterocycles. The van der Waals surface area contributed by atoms with Crippen LogP contribution in [0.3, 0.4) is 0 Å². The Bertz CT molecular complexity index is 2590. The van der Waals surface area contributed by atoms with Gasteiger partial charge in [-0.05, 0) is 84.6 Å². The summed E-state index contributed by atoms with van der Waals surface area (Å²) >= 11 is 0. The van der Waals surface area contributed by atoms with Crippen LogP contribution in [0.4, 0.5) is 0 Å². The van der Waals surface area contributed by atoms with E-state index in [4.69, 9.17) is 8.83 Å². The summed E-state index contributed by atoms with van der Waals surface area (Å²) in [6.07, 6.45) is 6.39. The Morgan fingerprint density at radius 1 is 0.674 bits per heavy atom. The summed E-state index contributed by atoms with van der Waals surface area (Å²) < 4.78 is 14.8. The van der Waals surface area contributed by atoms with Crippen molar-refractivity contribution in [1.29, 1.82) is 10.5 Å². The molecule has 9 rings (SSSR count). The lowest BCUT2D eigenvalue weighted by Crippen LogP contribution is -2.04. The first-order valence-electron chi connectivity index (χ1n) is 14.3. The van der Waals surface area contributed by atoms with Gasteiger partial charge in [-0.3, -0.25) is 0 Å². The van der Waals surface area contributed by atoms with E-state index in [0.29, 0.717) is 11.1 Å². The van der Waals surface area contributed by atoms with E-state index in [-0.39, 0.29) is 0 Å². The zero-order valence-electron chi connectivity index (χ0n) is 22.9. The van der Waals surface area contributed by atoms with Crippen molar-refractivity contribution in [3.63, 3.8) is 0 Å². The van der Waals surface area contributed by atoms with Crippen molar-refractivity contribution in [3.05, 3.63) is 119 Å². The lowest BCUT2D eigenvalue weighted by molar-refractivity contribution is 0.663. The summed E-state index contributed by atoms with van der Waals surface area (Å²) in [5, 5.41) is 24.9. The quantitative estimate of drug-likeness (QED) is 0.214. The van der Waals surface area contributed by atoms with Crippen LogP contribution in [0.1, 0.15) is 28.8 Å². The molecule has 43 heavy (non-hydrogen) atoms. The van der Waals surface area contributed by atoms with Gasteiger partial charge in [0.1, 0.15) is 28.4 Å². The van der Waals surface area contributed by atoms with Gasteiger partial charge in [0.2, 0.25) is 0 Å². The normalized spacial score (nSPS) is 12.8. The Balaban J connectivity index is 1.37. The minimum absolute atomic E-state index is 0.579. The second-order valence-electron chi connectivity index (χ2n) is 11.0. The van der Waals surface area contributed by atoms with Gasteiger partial charge in [-0.25, -0.2) is 0 Å². The third kappa shape index (κ3) is 3.25. The summed E-state index contributed by atoms with van der Waals surface area (Å²) in [5.41, 5.74) is 10.6. The second-order valence-corrected chi connectivity index (χ2v) is 11.0. The Morgan fingerprint density at radius 3 is 2.21 bits per heavy atom. The molecule has 0 atom stereocenters. The Kier molecular flexibility index (Phi) is 4.80. The molecule has 5 aromatic carbocycles. The highest BCUT2D eigenvalue weighted by atomic mass is 16.3. The smallest absolute Gasteiger partial charge is 0.136 e. The molecule has 5 nitrogen and oxygen atoms in total. The van der Waals surface area contributed by atoms with Crippen molar-refractivity contribution in [2.45, 2.75) is 12.8 Å². The standard InChI is InChI=1S/C38H21N3O2/c39-20-22-12-14-32-28(18-22)36-34(42-32)16-17-35-37(36)29-19-23(13-15-33(29)43-35)25-9-5-6-24(21-40)38(25)41-30-10-3-1-7-26(30)27-8-2-4-11-31(27)41/h1,3-7,9-19H,2,8H2. The highest BCUT2D eigenvalue weighted by molar-refractivity contribution is 6.26. The van der Waals surface area contributed by atoms with Crippen molar-refractivity contribution in [2.24, 2.45) is 0 Å². The topological polar surface area (TPSA) is 78.8 Å². The molecule has 0 fully saturated rings. The average molecular weight is 552 g/mol. The number of benzene rings is 5. The fourth-order valence-electron chi connectivity index (χ4n) is 6.91. The Morgan fingerprint density at radius 2 is 1.42 bits per heavy atom. The van der Waals surface area contributed by atoms with Gasteiger partial charge in [0, 0.05) is 38.2 Å². The number of allylic oxidation sites excluding steroid dienone is 1. The summed E-state index contributed by atoms with van der Waals surface area (Å²) in [4.78, 5) is 0. The van der Waals surface area contributed by atoms with E-state index in [1.54, 1.807) is 6.07 Å². The van der Waals surface area contributed by atoms with Gasteiger partial charge < -0.3 is 13.4 Å². The molecule has 5 heteroatoms. The number of furan rings is 2. The number of nitrogens with zero attached hydrogens (tertiary/aromatic N) is 3. The monoisotopic (exact) mass is 551 g/mol. The third-order valence-electron chi connectivity index (χ3n) is 8.74. The molecule has 3 aromatic heterocycles. The maximum atomic E-state index is 10.4. The number of hydrogen-bond acceptors (Lipinski definition) is 4. The molecule has 1 aliphatic rings. The van der Waals surface area contributed by atoms with Crippen molar-refractivity contribution >= 4 is 60.9 Å². The maximum Gasteiger partial charge on any atom is 0.136 e. The minimum atomic E-state index is 0.579. The Labute approximate surface area is 245 Å². The molecular weight excluding hydrogens is 530 g/mol. The first kappa shape index (κ1) is 23.6. The van der Waals surface area contributed by atoms with Crippen LogP contribution in [0.2, 0.25) is 0 Å². The van der Waals surface area contributed by atoms with Gasteiger partial charge in [0.05, 0.1) is 28.4 Å². The van der Waals surface area contributed by atoms with E-state index in [1.165, 1.54) is 10.9 Å². The largest absolute Gasteiger partial charge is 0.456 e. The third-order valence-corrected chi connectivity index (χ3v) is 8.74. The molecule has 0 N–H and O–H groups in total. The summed E-state index contributed by atoms with van der Waals surface area (Å²) in [6.45, 7) is 0. The summed E-state index contributed by atoms with van der Waals surface area (Å²) in [6, 6.07) is 34.7. The van der Waals surface area contributed by atoms with Crippen molar-refractivity contribution in [1.82, 2.24) is 4.57 Å². The van der Waals surface area contributed by atoms with E-state index in [2.05, 4.69) is 71.3 Å². The minimum Gasteiger partial charge on any atom is -0.456 e. The van der Waals surface area contributed by atoms with Gasteiger partial charge in [-0.1, -0.05) is 42.5 Å². The summed E-state index contributed by atoms with van der Waals surface area (Å²) in [5.74, 6) is 0. The molecule has 0 radical (unpaired) electrons. The first-order valence-corrected chi connectivity index (χ1v) is 14.3. The van der Waals surface area contributed by atoms with Crippen LogP contribution in [0, 0.1) is 22.7 Å². The van der Waals surface area contributed by atoms with Crippen molar-refractivity contribution in [2.75, 3.05) is 0 Å². The van der Waals surface area contributed by atoms with Gasteiger partial charge in [-0.2, -0.15) is 10.5 Å². The van der Waals surface area contributed by atoms with Gasteiger partial charge >= 0.3 is 0 Å². The fourth-order valence-corrected chi connectivity index (χ4v) is 6.91. The number of aromatic nitrogens is 1.